The minimum absolute atomic E-state index is 0.173. The number of nitrogens with one attached hydrogen (secondary N) is 1. The fraction of sp³-hybridized carbons (Fsp3) is 0.455. The third kappa shape index (κ3) is 3.73. The highest BCUT2D eigenvalue weighted by molar-refractivity contribution is 7.98. The molecule has 0 aliphatic carbocycles. The second kappa shape index (κ2) is 6.94. The summed E-state index contributed by atoms with van der Waals surface area (Å²) in [7, 11) is 1.42. The predicted octanol–water partition coefficient (Wildman–Crippen LogP) is 0.0544. The van der Waals surface area contributed by atoms with E-state index in [0.29, 0.717) is 5.75 Å². The molecule has 0 saturated carbocycles. The van der Waals surface area contributed by atoms with Crippen molar-refractivity contribution in [1.82, 2.24) is 15.1 Å². The third-order valence-corrected chi connectivity index (χ3v) is 3.24. The van der Waals surface area contributed by atoms with Crippen LogP contribution in [0.3, 0.4) is 0 Å². The van der Waals surface area contributed by atoms with Crippen LogP contribution in [0.2, 0.25) is 0 Å². The Balaban J connectivity index is 2.92. The van der Waals surface area contributed by atoms with Crippen LogP contribution in [0.15, 0.2) is 6.20 Å². The van der Waals surface area contributed by atoms with Crippen molar-refractivity contribution in [2.75, 3.05) is 12.0 Å². The third-order valence-electron chi connectivity index (χ3n) is 2.60. The number of aromatic carboxylic acids is 1. The van der Waals surface area contributed by atoms with E-state index < -0.39 is 23.9 Å². The van der Waals surface area contributed by atoms with E-state index in [1.165, 1.54) is 18.8 Å². The van der Waals surface area contributed by atoms with Crippen molar-refractivity contribution in [3.8, 4) is 0 Å². The summed E-state index contributed by atoms with van der Waals surface area (Å²) in [4.78, 5) is 34.1. The Bertz CT molecular complexity index is 528. The molecule has 0 fully saturated rings. The maximum absolute atomic E-state index is 12.0. The zero-order valence-corrected chi connectivity index (χ0v) is 11.8. The molecule has 20 heavy (non-hydrogen) atoms. The molecule has 0 aliphatic heterocycles. The van der Waals surface area contributed by atoms with E-state index >= 15 is 0 Å². The second-order valence-corrected chi connectivity index (χ2v) is 4.97. The lowest BCUT2D eigenvalue weighted by atomic mass is 10.2. The van der Waals surface area contributed by atoms with Crippen molar-refractivity contribution in [3.63, 3.8) is 0 Å². The van der Waals surface area contributed by atoms with Crippen molar-refractivity contribution in [1.29, 1.82) is 0 Å². The van der Waals surface area contributed by atoms with E-state index in [1.807, 2.05) is 6.26 Å². The highest BCUT2D eigenvalue weighted by Crippen LogP contribution is 2.09. The summed E-state index contributed by atoms with van der Waals surface area (Å²) in [5.41, 5.74) is -0.438. The number of amides is 1. The van der Waals surface area contributed by atoms with Crippen molar-refractivity contribution in [2.45, 2.75) is 12.5 Å². The van der Waals surface area contributed by atoms with Crippen LogP contribution in [-0.2, 0) is 11.8 Å². The van der Waals surface area contributed by atoms with Crippen LogP contribution in [0, 0.1) is 0 Å². The van der Waals surface area contributed by atoms with E-state index in [4.69, 9.17) is 10.2 Å². The molecule has 1 heterocycles. The van der Waals surface area contributed by atoms with Crippen molar-refractivity contribution < 1.29 is 24.6 Å². The van der Waals surface area contributed by atoms with E-state index in [9.17, 15) is 14.4 Å². The molecule has 1 amide bonds. The molecule has 1 aromatic heterocycles. The zero-order chi connectivity index (χ0) is 15.3. The second-order valence-electron chi connectivity index (χ2n) is 3.98. The Morgan fingerprint density at radius 1 is 1.45 bits per heavy atom. The molecule has 0 aliphatic rings. The fourth-order valence-corrected chi connectivity index (χ4v) is 2.05. The number of thioether (sulfide) groups is 1. The first-order chi connectivity index (χ1) is 9.38. The number of hydrogen-bond acceptors (Lipinski definition) is 5. The Kier molecular flexibility index (Phi) is 5.56. The molecule has 110 valence electrons. The van der Waals surface area contributed by atoms with Crippen LogP contribution in [0.25, 0.3) is 0 Å². The molecule has 0 radical (unpaired) electrons. The summed E-state index contributed by atoms with van der Waals surface area (Å²) in [6.45, 7) is 0. The summed E-state index contributed by atoms with van der Waals surface area (Å²) in [6.07, 6.45) is 3.13. The molecule has 1 aromatic rings. The minimum atomic E-state index is -1.29. The topological polar surface area (TPSA) is 122 Å². The first-order valence-electron chi connectivity index (χ1n) is 5.66. The van der Waals surface area contributed by atoms with Gasteiger partial charge in [-0.1, -0.05) is 0 Å². The Morgan fingerprint density at radius 3 is 2.60 bits per heavy atom. The molecule has 0 aromatic carbocycles. The summed E-state index contributed by atoms with van der Waals surface area (Å²) in [5, 5.41) is 24.0. The van der Waals surface area contributed by atoms with Gasteiger partial charge in [0.05, 0.1) is 6.20 Å². The summed E-state index contributed by atoms with van der Waals surface area (Å²) < 4.78 is 1.10. The average molecular weight is 301 g/mol. The molecule has 3 N–H and O–H groups in total. The number of carbonyl (C=O) groups excluding carboxylic acids is 1. The van der Waals surface area contributed by atoms with Gasteiger partial charge in [-0.2, -0.15) is 16.9 Å². The molecule has 8 nitrogen and oxygen atoms in total. The standard InChI is InChI=1S/C11H15N3O5S/c1-14-8(6(5-12-14)10(16)17)9(15)13-7(11(18)19)3-4-20-2/h5,7H,3-4H2,1-2H3,(H,13,15)(H,16,17)(H,18,19)/t7-/m0/s1. The Labute approximate surface area is 119 Å². The van der Waals surface area contributed by atoms with Crippen LogP contribution in [-0.4, -0.2) is 55.9 Å². The van der Waals surface area contributed by atoms with Gasteiger partial charge in [0.1, 0.15) is 17.3 Å². The Morgan fingerprint density at radius 2 is 2.10 bits per heavy atom. The number of aryl methyl sites for hydroxylation is 1. The van der Waals surface area contributed by atoms with Crippen LogP contribution in [0.1, 0.15) is 27.3 Å². The fourth-order valence-electron chi connectivity index (χ4n) is 1.58. The molecule has 0 unspecified atom stereocenters. The van der Waals surface area contributed by atoms with Gasteiger partial charge in [-0.15, -0.1) is 0 Å². The van der Waals surface area contributed by atoms with Crippen LogP contribution in [0.5, 0.6) is 0 Å². The van der Waals surface area contributed by atoms with Gasteiger partial charge in [0, 0.05) is 7.05 Å². The molecule has 1 atom stereocenters. The van der Waals surface area contributed by atoms with Crippen LogP contribution >= 0.6 is 11.8 Å². The SMILES string of the molecule is CSCC[C@H](NC(=O)c1c(C(=O)O)cnn1C)C(=O)O. The van der Waals surface area contributed by atoms with E-state index in [0.717, 1.165) is 10.9 Å². The highest BCUT2D eigenvalue weighted by Gasteiger charge is 2.26. The van der Waals surface area contributed by atoms with E-state index in [1.54, 1.807) is 0 Å². The van der Waals surface area contributed by atoms with Gasteiger partial charge < -0.3 is 15.5 Å². The van der Waals surface area contributed by atoms with Gasteiger partial charge in [-0.05, 0) is 18.4 Å². The largest absolute Gasteiger partial charge is 0.480 e. The molecule has 0 bridgehead atoms. The zero-order valence-electron chi connectivity index (χ0n) is 11.0. The van der Waals surface area contributed by atoms with Gasteiger partial charge in [0.25, 0.3) is 5.91 Å². The smallest absolute Gasteiger partial charge is 0.339 e. The molecule has 0 spiro atoms. The molecule has 0 saturated heterocycles. The van der Waals surface area contributed by atoms with E-state index in [2.05, 4.69) is 10.4 Å². The van der Waals surface area contributed by atoms with Crippen molar-refractivity contribution >= 4 is 29.6 Å². The number of carboxylic acid groups (broad SMARTS) is 2. The summed E-state index contributed by atoms with van der Waals surface area (Å²) in [5.74, 6) is -2.66. The van der Waals surface area contributed by atoms with Gasteiger partial charge in [-0.25, -0.2) is 9.59 Å². The maximum Gasteiger partial charge on any atom is 0.339 e. The number of aromatic nitrogens is 2. The molecular formula is C11H15N3O5S. The van der Waals surface area contributed by atoms with Gasteiger partial charge in [0.2, 0.25) is 0 Å². The first kappa shape index (κ1) is 16.0. The van der Waals surface area contributed by atoms with E-state index in [-0.39, 0.29) is 17.7 Å². The lowest BCUT2D eigenvalue weighted by Crippen LogP contribution is -2.42. The number of hydrogen-bond donors (Lipinski definition) is 3. The number of carbonyl (C=O) groups is 3. The van der Waals surface area contributed by atoms with Crippen LogP contribution in [0.4, 0.5) is 0 Å². The Hall–Kier alpha value is -2.03. The average Bonchev–Trinajstić information content (AvgIpc) is 2.76. The maximum atomic E-state index is 12.0. The monoisotopic (exact) mass is 301 g/mol. The van der Waals surface area contributed by atoms with Gasteiger partial charge in [0.15, 0.2) is 0 Å². The predicted molar refractivity (Wildman–Crippen MR) is 72.1 cm³/mol. The van der Waals surface area contributed by atoms with Crippen molar-refractivity contribution in [3.05, 3.63) is 17.5 Å². The van der Waals surface area contributed by atoms with Crippen LogP contribution < -0.4 is 5.32 Å². The molecular weight excluding hydrogens is 286 g/mol. The van der Waals surface area contributed by atoms with Gasteiger partial charge >= 0.3 is 11.9 Å². The number of nitrogens with zero attached hydrogens (tertiary/aromatic N) is 2. The highest BCUT2D eigenvalue weighted by atomic mass is 32.2. The lowest BCUT2D eigenvalue weighted by Gasteiger charge is -2.14. The number of rotatable bonds is 7. The molecule has 1 rings (SSSR count). The summed E-state index contributed by atoms with van der Waals surface area (Å²) >= 11 is 1.46. The number of carboxylic acids is 2. The quantitative estimate of drug-likeness (QED) is 0.650. The van der Waals surface area contributed by atoms with Gasteiger partial charge in [-0.3, -0.25) is 9.48 Å². The minimum Gasteiger partial charge on any atom is -0.480 e. The molecule has 9 heteroatoms. The van der Waals surface area contributed by atoms with Crippen molar-refractivity contribution in [2.24, 2.45) is 7.05 Å². The first-order valence-corrected chi connectivity index (χ1v) is 7.05. The normalized spacial score (nSPS) is 11.9. The lowest BCUT2D eigenvalue weighted by molar-refractivity contribution is -0.139. The summed E-state index contributed by atoms with van der Waals surface area (Å²) in [6, 6.07) is -1.06. The number of aliphatic carboxylic acids is 1.